The summed E-state index contributed by atoms with van der Waals surface area (Å²) in [5.41, 5.74) is 0. The molecule has 1 amide bonds. The number of hydrogen-bond acceptors (Lipinski definition) is 3. The third kappa shape index (κ3) is 5.46. The molecule has 0 aliphatic rings. The zero-order valence-electron chi connectivity index (χ0n) is 10.1. The first-order chi connectivity index (χ1) is 8.63. The summed E-state index contributed by atoms with van der Waals surface area (Å²) in [5.74, 6) is -1.71. The Morgan fingerprint density at radius 2 is 2.06 bits per heavy atom. The number of carbonyl (C=O) groups excluding carboxylic acids is 1. The van der Waals surface area contributed by atoms with Crippen molar-refractivity contribution in [1.82, 2.24) is 10.6 Å². The van der Waals surface area contributed by atoms with Crippen LogP contribution in [0.3, 0.4) is 0 Å². The molecule has 0 aliphatic heterocycles. The van der Waals surface area contributed by atoms with Crippen molar-refractivity contribution < 1.29 is 13.6 Å². The lowest BCUT2D eigenvalue weighted by Crippen LogP contribution is -2.32. The van der Waals surface area contributed by atoms with Gasteiger partial charge in [0.05, 0.1) is 5.75 Å². The quantitative estimate of drug-likeness (QED) is 0.588. The largest absolute Gasteiger partial charge is 0.354 e. The molecule has 1 aromatic rings. The fraction of sp³-hybridized carbons (Fsp3) is 0.417. The van der Waals surface area contributed by atoms with Crippen LogP contribution in [0.4, 0.5) is 8.78 Å². The van der Waals surface area contributed by atoms with Gasteiger partial charge in [-0.25, -0.2) is 8.78 Å². The van der Waals surface area contributed by atoms with Gasteiger partial charge in [0, 0.05) is 18.0 Å². The van der Waals surface area contributed by atoms with E-state index in [1.165, 1.54) is 17.8 Å². The molecule has 0 spiro atoms. The highest BCUT2D eigenvalue weighted by atomic mass is 32.2. The highest BCUT2D eigenvalue weighted by Gasteiger charge is 2.05. The highest BCUT2D eigenvalue weighted by molar-refractivity contribution is 8.00. The summed E-state index contributed by atoms with van der Waals surface area (Å²) in [6, 6.07) is 3.60. The molecule has 0 saturated carbocycles. The Kier molecular flexibility index (Phi) is 6.67. The molecule has 0 bridgehead atoms. The van der Waals surface area contributed by atoms with Gasteiger partial charge in [-0.1, -0.05) is 6.92 Å². The normalized spacial score (nSPS) is 10.4. The van der Waals surface area contributed by atoms with Crippen LogP contribution in [0.25, 0.3) is 0 Å². The van der Waals surface area contributed by atoms with E-state index in [-0.39, 0.29) is 11.7 Å². The second-order valence-electron chi connectivity index (χ2n) is 3.57. The molecule has 1 aromatic carbocycles. The summed E-state index contributed by atoms with van der Waals surface area (Å²) < 4.78 is 25.6. The van der Waals surface area contributed by atoms with E-state index in [0.717, 1.165) is 25.2 Å². The first kappa shape index (κ1) is 14.9. The van der Waals surface area contributed by atoms with E-state index < -0.39 is 11.6 Å². The van der Waals surface area contributed by atoms with E-state index in [2.05, 4.69) is 10.6 Å². The minimum atomic E-state index is -0.896. The van der Waals surface area contributed by atoms with E-state index in [0.29, 0.717) is 11.4 Å². The number of carbonyl (C=O) groups is 1. The standard InChI is InChI=1S/C12H16F2N2OS/c1-2-15-5-6-16-12(17)8-18-9-3-4-10(13)11(14)7-9/h3-4,7,15H,2,5-6,8H2,1H3,(H,16,17). The average molecular weight is 274 g/mol. The average Bonchev–Trinajstić information content (AvgIpc) is 2.36. The van der Waals surface area contributed by atoms with Gasteiger partial charge in [-0.15, -0.1) is 11.8 Å². The monoisotopic (exact) mass is 274 g/mol. The lowest BCUT2D eigenvalue weighted by Gasteiger charge is -2.05. The lowest BCUT2D eigenvalue weighted by molar-refractivity contribution is -0.118. The molecule has 1 rings (SSSR count). The molecule has 0 unspecified atom stereocenters. The van der Waals surface area contributed by atoms with E-state index in [1.54, 1.807) is 0 Å². The van der Waals surface area contributed by atoms with Crippen molar-refractivity contribution in [1.29, 1.82) is 0 Å². The summed E-state index contributed by atoms with van der Waals surface area (Å²) in [4.78, 5) is 11.9. The molecule has 0 saturated heterocycles. The van der Waals surface area contributed by atoms with Crippen LogP contribution in [-0.4, -0.2) is 31.3 Å². The van der Waals surface area contributed by atoms with Gasteiger partial charge in [0.25, 0.3) is 0 Å². The molecule has 0 aromatic heterocycles. The summed E-state index contributed by atoms with van der Waals surface area (Å²) in [6.45, 7) is 4.13. The van der Waals surface area contributed by atoms with Crippen LogP contribution < -0.4 is 10.6 Å². The molecule has 0 atom stereocenters. The maximum Gasteiger partial charge on any atom is 0.230 e. The van der Waals surface area contributed by atoms with Gasteiger partial charge in [0.15, 0.2) is 11.6 Å². The van der Waals surface area contributed by atoms with Crippen LogP contribution in [0.15, 0.2) is 23.1 Å². The van der Waals surface area contributed by atoms with Gasteiger partial charge >= 0.3 is 0 Å². The van der Waals surface area contributed by atoms with Gasteiger partial charge in [0.1, 0.15) is 0 Å². The first-order valence-corrected chi connectivity index (χ1v) is 6.67. The number of rotatable bonds is 7. The first-order valence-electron chi connectivity index (χ1n) is 5.68. The third-order valence-electron chi connectivity index (χ3n) is 2.13. The van der Waals surface area contributed by atoms with Crippen molar-refractivity contribution in [2.45, 2.75) is 11.8 Å². The molecular formula is C12H16F2N2OS. The van der Waals surface area contributed by atoms with Crippen molar-refractivity contribution in [3.05, 3.63) is 29.8 Å². The third-order valence-corrected chi connectivity index (χ3v) is 3.13. The number of thioether (sulfide) groups is 1. The summed E-state index contributed by atoms with van der Waals surface area (Å²) in [7, 11) is 0. The Labute approximate surface area is 109 Å². The second kappa shape index (κ2) is 8.05. The van der Waals surface area contributed by atoms with Crippen molar-refractivity contribution in [2.24, 2.45) is 0 Å². The zero-order valence-corrected chi connectivity index (χ0v) is 10.9. The van der Waals surface area contributed by atoms with E-state index >= 15 is 0 Å². The number of halogens is 2. The number of nitrogens with one attached hydrogen (secondary N) is 2. The van der Waals surface area contributed by atoms with Crippen molar-refractivity contribution in [2.75, 3.05) is 25.4 Å². The smallest absolute Gasteiger partial charge is 0.230 e. The van der Waals surface area contributed by atoms with E-state index in [4.69, 9.17) is 0 Å². The number of likely N-dealkylation sites (N-methyl/N-ethyl adjacent to an activating group) is 1. The molecule has 3 nitrogen and oxygen atoms in total. The van der Waals surface area contributed by atoms with Crippen LogP contribution in [0.2, 0.25) is 0 Å². The van der Waals surface area contributed by atoms with Gasteiger partial charge in [-0.05, 0) is 24.7 Å². The predicted molar refractivity (Wildman–Crippen MR) is 68.6 cm³/mol. The Morgan fingerprint density at radius 1 is 1.28 bits per heavy atom. The van der Waals surface area contributed by atoms with Crippen molar-refractivity contribution in [3.8, 4) is 0 Å². The molecule has 0 heterocycles. The molecule has 2 N–H and O–H groups in total. The maximum atomic E-state index is 12.9. The Balaban J connectivity index is 2.27. The molecule has 100 valence electrons. The van der Waals surface area contributed by atoms with Crippen LogP contribution in [-0.2, 0) is 4.79 Å². The lowest BCUT2D eigenvalue weighted by atomic mass is 10.3. The summed E-state index contributed by atoms with van der Waals surface area (Å²) in [6.07, 6.45) is 0. The van der Waals surface area contributed by atoms with Gasteiger partial charge < -0.3 is 10.6 Å². The fourth-order valence-electron chi connectivity index (χ4n) is 1.23. The van der Waals surface area contributed by atoms with Gasteiger partial charge in [-0.2, -0.15) is 0 Å². The minimum Gasteiger partial charge on any atom is -0.354 e. The highest BCUT2D eigenvalue weighted by Crippen LogP contribution is 2.19. The number of hydrogen-bond donors (Lipinski definition) is 2. The summed E-state index contributed by atoms with van der Waals surface area (Å²) >= 11 is 1.18. The SMILES string of the molecule is CCNCCNC(=O)CSc1ccc(F)c(F)c1. The number of amides is 1. The Bertz CT molecular complexity index is 402. The zero-order chi connectivity index (χ0) is 13.4. The Hall–Kier alpha value is -1.14. The van der Waals surface area contributed by atoms with Gasteiger partial charge in [-0.3, -0.25) is 4.79 Å². The molecule has 0 aliphatic carbocycles. The van der Waals surface area contributed by atoms with Crippen molar-refractivity contribution >= 4 is 17.7 Å². The second-order valence-corrected chi connectivity index (χ2v) is 4.62. The van der Waals surface area contributed by atoms with Crippen molar-refractivity contribution in [3.63, 3.8) is 0 Å². The van der Waals surface area contributed by atoms with Gasteiger partial charge in [0.2, 0.25) is 5.91 Å². The molecular weight excluding hydrogens is 258 g/mol. The molecule has 18 heavy (non-hydrogen) atoms. The van der Waals surface area contributed by atoms with Crippen LogP contribution >= 0.6 is 11.8 Å². The number of benzene rings is 1. The fourth-order valence-corrected chi connectivity index (χ4v) is 1.98. The minimum absolute atomic E-state index is 0.123. The molecule has 6 heteroatoms. The van der Waals surface area contributed by atoms with Crippen LogP contribution in [0.1, 0.15) is 6.92 Å². The van der Waals surface area contributed by atoms with Crippen LogP contribution in [0, 0.1) is 11.6 Å². The molecule has 0 fully saturated rings. The van der Waals surface area contributed by atoms with Crippen LogP contribution in [0.5, 0.6) is 0 Å². The molecule has 0 radical (unpaired) electrons. The Morgan fingerprint density at radius 3 is 2.72 bits per heavy atom. The maximum absolute atomic E-state index is 12.9. The van der Waals surface area contributed by atoms with E-state index in [9.17, 15) is 13.6 Å². The topological polar surface area (TPSA) is 41.1 Å². The summed E-state index contributed by atoms with van der Waals surface area (Å²) in [5, 5.41) is 5.80. The predicted octanol–water partition coefficient (Wildman–Crippen LogP) is 1.78. The van der Waals surface area contributed by atoms with E-state index in [1.807, 2.05) is 6.92 Å².